The van der Waals surface area contributed by atoms with Crippen LogP contribution in [0.15, 0.2) is 24.3 Å². The normalized spacial score (nSPS) is 20.4. The molecule has 2 heterocycles. The number of likely N-dealkylation sites (tertiary alicyclic amines) is 1. The number of aryl methyl sites for hydroxylation is 2. The van der Waals surface area contributed by atoms with E-state index in [0.717, 1.165) is 10.6 Å². The third-order valence-corrected chi connectivity index (χ3v) is 5.63. The molecule has 2 aromatic rings. The van der Waals surface area contributed by atoms with E-state index in [1.165, 1.54) is 11.3 Å². The van der Waals surface area contributed by atoms with E-state index in [0.29, 0.717) is 22.1 Å². The third-order valence-electron chi connectivity index (χ3n) is 4.32. The van der Waals surface area contributed by atoms with Crippen LogP contribution in [0.2, 0.25) is 5.02 Å². The Labute approximate surface area is 148 Å². The van der Waals surface area contributed by atoms with E-state index in [4.69, 9.17) is 11.6 Å². The van der Waals surface area contributed by atoms with Crippen LogP contribution >= 0.6 is 22.9 Å². The van der Waals surface area contributed by atoms with Gasteiger partial charge in [-0.05, 0) is 31.5 Å². The maximum absolute atomic E-state index is 12.8. The van der Waals surface area contributed by atoms with Crippen molar-refractivity contribution in [3.05, 3.63) is 50.4 Å². The first kappa shape index (κ1) is 16.9. The molecule has 1 aromatic carbocycles. The quantitative estimate of drug-likeness (QED) is 0.906. The summed E-state index contributed by atoms with van der Waals surface area (Å²) in [5.41, 5.74) is 1.59. The molecule has 2 atom stereocenters. The van der Waals surface area contributed by atoms with Gasteiger partial charge in [-0.3, -0.25) is 9.59 Å². The van der Waals surface area contributed by atoms with Gasteiger partial charge in [0.2, 0.25) is 0 Å². The van der Waals surface area contributed by atoms with Crippen molar-refractivity contribution in [1.82, 2.24) is 9.88 Å². The molecule has 3 rings (SSSR count). The highest BCUT2D eigenvalue weighted by Gasteiger charge is 2.41. The third kappa shape index (κ3) is 3.16. The van der Waals surface area contributed by atoms with Gasteiger partial charge in [-0.15, -0.1) is 11.3 Å². The van der Waals surface area contributed by atoms with Gasteiger partial charge in [0.25, 0.3) is 5.91 Å². The number of hydrogen-bond donors (Lipinski definition) is 1. The second-order valence-corrected chi connectivity index (χ2v) is 7.60. The van der Waals surface area contributed by atoms with Crippen LogP contribution in [0.1, 0.15) is 31.9 Å². The van der Waals surface area contributed by atoms with E-state index in [1.54, 1.807) is 24.0 Å². The molecule has 7 heteroatoms. The zero-order chi connectivity index (χ0) is 17.4. The molecule has 5 nitrogen and oxygen atoms in total. The summed E-state index contributed by atoms with van der Waals surface area (Å²) in [6.07, 6.45) is 0. The molecule has 0 aliphatic carbocycles. The largest absolute Gasteiger partial charge is 0.481 e. The summed E-state index contributed by atoms with van der Waals surface area (Å²) in [6, 6.07) is 7.16. The number of aromatic nitrogens is 1. The molecule has 1 amide bonds. The Bertz CT molecular complexity index is 788. The standard InChI is InChI=1S/C17H17ClN2O3S/c1-9-15(24-10(2)19-9)16(21)20-7-13(14(8-20)17(22)23)11-3-5-12(18)6-4-11/h3-6,13-14H,7-8H2,1-2H3,(H,22,23)/t13-,14+/m0/s1. The Hall–Kier alpha value is -1.92. The van der Waals surface area contributed by atoms with Gasteiger partial charge in [0.1, 0.15) is 4.88 Å². The lowest BCUT2D eigenvalue weighted by Crippen LogP contribution is -2.29. The van der Waals surface area contributed by atoms with E-state index in [9.17, 15) is 14.7 Å². The number of halogens is 1. The predicted octanol–water partition coefficient (Wildman–Crippen LogP) is 3.35. The van der Waals surface area contributed by atoms with Crippen molar-refractivity contribution >= 4 is 34.8 Å². The summed E-state index contributed by atoms with van der Waals surface area (Å²) >= 11 is 7.26. The molecule has 0 unspecified atom stereocenters. The minimum Gasteiger partial charge on any atom is -0.481 e. The molecule has 0 saturated carbocycles. The molecule has 1 fully saturated rings. The van der Waals surface area contributed by atoms with Crippen LogP contribution in [0.4, 0.5) is 0 Å². The van der Waals surface area contributed by atoms with Crippen LogP contribution in [-0.2, 0) is 4.79 Å². The average Bonchev–Trinajstić information content (AvgIpc) is 3.11. The maximum Gasteiger partial charge on any atom is 0.308 e. The summed E-state index contributed by atoms with van der Waals surface area (Å²) in [5.74, 6) is -1.88. The first-order valence-electron chi connectivity index (χ1n) is 7.58. The van der Waals surface area contributed by atoms with E-state index < -0.39 is 11.9 Å². The number of aliphatic carboxylic acids is 1. The smallest absolute Gasteiger partial charge is 0.308 e. The van der Waals surface area contributed by atoms with Gasteiger partial charge in [-0.1, -0.05) is 23.7 Å². The van der Waals surface area contributed by atoms with Crippen LogP contribution in [0.5, 0.6) is 0 Å². The van der Waals surface area contributed by atoms with Crippen molar-refractivity contribution in [3.63, 3.8) is 0 Å². The van der Waals surface area contributed by atoms with Gasteiger partial charge >= 0.3 is 5.97 Å². The van der Waals surface area contributed by atoms with Gasteiger partial charge in [-0.25, -0.2) is 4.98 Å². The first-order valence-corrected chi connectivity index (χ1v) is 8.78. The molecule has 24 heavy (non-hydrogen) atoms. The number of carboxylic acid groups (broad SMARTS) is 1. The summed E-state index contributed by atoms with van der Waals surface area (Å²) in [7, 11) is 0. The van der Waals surface area contributed by atoms with Gasteiger partial charge in [0, 0.05) is 24.0 Å². The van der Waals surface area contributed by atoms with Crippen molar-refractivity contribution in [3.8, 4) is 0 Å². The highest BCUT2D eigenvalue weighted by atomic mass is 35.5. The number of thiazole rings is 1. The molecule has 126 valence electrons. The topological polar surface area (TPSA) is 70.5 Å². The molecule has 1 N–H and O–H groups in total. The molecule has 1 aliphatic heterocycles. The fraction of sp³-hybridized carbons (Fsp3) is 0.353. The molecule has 1 aliphatic rings. The minimum absolute atomic E-state index is 0.138. The predicted molar refractivity (Wildman–Crippen MR) is 92.8 cm³/mol. The zero-order valence-corrected chi connectivity index (χ0v) is 14.9. The van der Waals surface area contributed by atoms with Crippen molar-refractivity contribution in [2.45, 2.75) is 19.8 Å². The van der Waals surface area contributed by atoms with Crippen LogP contribution < -0.4 is 0 Å². The maximum atomic E-state index is 12.8. The zero-order valence-electron chi connectivity index (χ0n) is 13.3. The molecule has 0 spiro atoms. The van der Waals surface area contributed by atoms with Crippen LogP contribution in [0.25, 0.3) is 0 Å². The van der Waals surface area contributed by atoms with Crippen molar-refractivity contribution in [2.24, 2.45) is 5.92 Å². The summed E-state index contributed by atoms with van der Waals surface area (Å²) < 4.78 is 0. The van der Waals surface area contributed by atoms with E-state index in [2.05, 4.69) is 4.98 Å². The number of nitrogens with zero attached hydrogens (tertiary/aromatic N) is 2. The molecule has 1 saturated heterocycles. The number of rotatable bonds is 3. The Morgan fingerprint density at radius 1 is 1.25 bits per heavy atom. The van der Waals surface area contributed by atoms with Crippen molar-refractivity contribution in [1.29, 1.82) is 0 Å². The van der Waals surface area contributed by atoms with Crippen LogP contribution in [0, 0.1) is 19.8 Å². The Morgan fingerprint density at radius 2 is 1.92 bits per heavy atom. The molecule has 1 aromatic heterocycles. The Balaban J connectivity index is 1.87. The number of carbonyl (C=O) groups excluding carboxylic acids is 1. The minimum atomic E-state index is -0.887. The SMILES string of the molecule is Cc1nc(C)c(C(=O)N2C[C@@H](C(=O)O)[C@H](c3ccc(Cl)cc3)C2)s1. The number of benzene rings is 1. The van der Waals surface area contributed by atoms with Crippen molar-refractivity contribution in [2.75, 3.05) is 13.1 Å². The van der Waals surface area contributed by atoms with Crippen molar-refractivity contribution < 1.29 is 14.7 Å². The molecule has 0 bridgehead atoms. The van der Waals surface area contributed by atoms with E-state index in [-0.39, 0.29) is 18.4 Å². The van der Waals surface area contributed by atoms with Gasteiger partial charge in [0.15, 0.2) is 0 Å². The molecular formula is C17H17ClN2O3S. The number of amides is 1. The van der Waals surface area contributed by atoms with Gasteiger partial charge < -0.3 is 10.0 Å². The van der Waals surface area contributed by atoms with Gasteiger partial charge in [0.05, 0.1) is 16.6 Å². The highest BCUT2D eigenvalue weighted by Crippen LogP contribution is 2.35. The molecular weight excluding hydrogens is 348 g/mol. The number of carboxylic acids is 1. The Kier molecular flexibility index (Phi) is 4.60. The fourth-order valence-electron chi connectivity index (χ4n) is 3.14. The lowest BCUT2D eigenvalue weighted by atomic mass is 9.89. The fourth-order valence-corrected chi connectivity index (χ4v) is 4.15. The lowest BCUT2D eigenvalue weighted by Gasteiger charge is -2.16. The van der Waals surface area contributed by atoms with Crippen LogP contribution in [0.3, 0.4) is 0 Å². The van der Waals surface area contributed by atoms with E-state index in [1.807, 2.05) is 19.1 Å². The summed E-state index contributed by atoms with van der Waals surface area (Å²) in [4.78, 5) is 30.9. The monoisotopic (exact) mass is 364 g/mol. The van der Waals surface area contributed by atoms with E-state index >= 15 is 0 Å². The average molecular weight is 365 g/mol. The molecule has 0 radical (unpaired) electrons. The second kappa shape index (κ2) is 6.53. The number of carbonyl (C=O) groups is 2. The summed E-state index contributed by atoms with van der Waals surface area (Å²) in [6.45, 7) is 4.25. The summed E-state index contributed by atoms with van der Waals surface area (Å²) in [5, 5.41) is 11.0. The van der Waals surface area contributed by atoms with Crippen LogP contribution in [-0.4, -0.2) is 40.0 Å². The first-order chi connectivity index (χ1) is 11.4. The highest BCUT2D eigenvalue weighted by molar-refractivity contribution is 7.13. The second-order valence-electron chi connectivity index (χ2n) is 5.96. The lowest BCUT2D eigenvalue weighted by molar-refractivity contribution is -0.141. The Morgan fingerprint density at radius 3 is 2.46 bits per heavy atom. The van der Waals surface area contributed by atoms with Gasteiger partial charge in [-0.2, -0.15) is 0 Å². The number of hydrogen-bond acceptors (Lipinski definition) is 4.